The van der Waals surface area contributed by atoms with E-state index in [0.717, 1.165) is 6.07 Å². The molecule has 0 radical (unpaired) electrons. The molecule has 29 heavy (non-hydrogen) atoms. The largest absolute Gasteiger partial charge is 0.351 e. The number of anilines is 3. The summed E-state index contributed by atoms with van der Waals surface area (Å²) in [6.07, 6.45) is 1.80. The Kier molecular flexibility index (Phi) is 4.97. The number of imidazole rings is 1. The Morgan fingerprint density at radius 1 is 1.17 bits per heavy atom. The van der Waals surface area contributed by atoms with E-state index in [1.807, 2.05) is 0 Å². The zero-order valence-electron chi connectivity index (χ0n) is 15.3. The molecule has 154 valence electrons. The van der Waals surface area contributed by atoms with Crippen LogP contribution >= 0.6 is 11.6 Å². The summed E-state index contributed by atoms with van der Waals surface area (Å²) in [5.41, 5.74) is 0.778. The van der Waals surface area contributed by atoms with Crippen molar-refractivity contribution < 1.29 is 17.6 Å². The number of hydrogen-bond acceptors (Lipinski definition) is 5. The van der Waals surface area contributed by atoms with Crippen LogP contribution in [0.2, 0.25) is 5.02 Å². The van der Waals surface area contributed by atoms with Gasteiger partial charge in [0.05, 0.1) is 16.9 Å². The second-order valence-corrected chi connectivity index (χ2v) is 7.45. The summed E-state index contributed by atoms with van der Waals surface area (Å²) >= 11 is 5.92. The average Bonchev–Trinajstić information content (AvgIpc) is 2.95. The number of hydrogen-bond donors (Lipinski definition) is 2. The van der Waals surface area contributed by atoms with Crippen LogP contribution in [0.4, 0.5) is 35.1 Å². The van der Waals surface area contributed by atoms with E-state index in [9.17, 15) is 17.6 Å². The number of nitrogens with one attached hydrogen (secondary N) is 2. The Labute approximate surface area is 168 Å². The van der Waals surface area contributed by atoms with Crippen LogP contribution < -0.4 is 10.6 Å². The van der Waals surface area contributed by atoms with Gasteiger partial charge in [0.1, 0.15) is 11.3 Å². The quantitative estimate of drug-likeness (QED) is 0.570. The number of halogens is 5. The first-order valence-corrected chi connectivity index (χ1v) is 9.35. The minimum atomic E-state index is -2.61. The predicted octanol–water partition coefficient (Wildman–Crippen LogP) is 5.03. The van der Waals surface area contributed by atoms with E-state index in [2.05, 4.69) is 25.6 Å². The van der Waals surface area contributed by atoms with Crippen LogP contribution in [0.3, 0.4) is 0 Å². The Bertz CT molecular complexity index is 1040. The second-order valence-electron chi connectivity index (χ2n) is 7.04. The van der Waals surface area contributed by atoms with E-state index < -0.39 is 17.6 Å². The molecule has 1 aliphatic rings. The number of fused-ring (bicyclic) bond motifs is 1. The van der Waals surface area contributed by atoms with E-state index in [4.69, 9.17) is 11.6 Å². The van der Waals surface area contributed by atoms with Gasteiger partial charge in [-0.3, -0.25) is 4.57 Å². The first kappa shape index (κ1) is 19.7. The van der Waals surface area contributed by atoms with Gasteiger partial charge in [-0.05, 0) is 18.9 Å². The van der Waals surface area contributed by atoms with Gasteiger partial charge in [-0.2, -0.15) is 4.98 Å². The van der Waals surface area contributed by atoms with Crippen molar-refractivity contribution in [1.29, 1.82) is 0 Å². The highest BCUT2D eigenvalue weighted by molar-refractivity contribution is 6.33. The summed E-state index contributed by atoms with van der Waals surface area (Å²) < 4.78 is 55.5. The molecule has 0 aliphatic heterocycles. The summed E-state index contributed by atoms with van der Waals surface area (Å²) in [7, 11) is 1.66. The van der Waals surface area contributed by atoms with Crippen molar-refractivity contribution in [3.05, 3.63) is 35.0 Å². The molecule has 1 fully saturated rings. The molecule has 1 saturated carbocycles. The monoisotopic (exact) mass is 428 g/mol. The van der Waals surface area contributed by atoms with Gasteiger partial charge in [-0.25, -0.2) is 27.5 Å². The third kappa shape index (κ3) is 4.07. The van der Waals surface area contributed by atoms with Crippen LogP contribution in [-0.2, 0) is 7.05 Å². The van der Waals surface area contributed by atoms with Crippen LogP contribution in [-0.4, -0.2) is 31.5 Å². The van der Waals surface area contributed by atoms with Gasteiger partial charge in [0, 0.05) is 32.0 Å². The topological polar surface area (TPSA) is 67.7 Å². The smallest absolute Gasteiger partial charge is 0.248 e. The van der Waals surface area contributed by atoms with Crippen LogP contribution in [0.1, 0.15) is 25.7 Å². The lowest BCUT2D eigenvalue weighted by Gasteiger charge is -2.28. The van der Waals surface area contributed by atoms with Gasteiger partial charge < -0.3 is 10.6 Å². The molecule has 3 aromatic rings. The molecule has 4 rings (SSSR count). The lowest BCUT2D eigenvalue weighted by atomic mass is 9.92. The van der Waals surface area contributed by atoms with Gasteiger partial charge in [0.25, 0.3) is 0 Å². The fraction of sp³-hybridized carbons (Fsp3) is 0.389. The highest BCUT2D eigenvalue weighted by Crippen LogP contribution is 2.34. The van der Waals surface area contributed by atoms with E-state index in [-0.39, 0.29) is 35.5 Å². The Balaban J connectivity index is 1.57. The molecule has 0 unspecified atom stereocenters. The lowest BCUT2D eigenvalue weighted by molar-refractivity contribution is -0.0361. The van der Waals surface area contributed by atoms with Gasteiger partial charge in [-0.1, -0.05) is 11.6 Å². The molecule has 6 nitrogen and oxygen atoms in total. The van der Waals surface area contributed by atoms with Crippen molar-refractivity contribution in [2.24, 2.45) is 7.05 Å². The molecule has 1 aliphatic carbocycles. The molecule has 0 spiro atoms. The fourth-order valence-electron chi connectivity index (χ4n) is 3.30. The maximum Gasteiger partial charge on any atom is 0.248 e. The van der Waals surface area contributed by atoms with Crippen LogP contribution in [0.25, 0.3) is 11.2 Å². The summed E-state index contributed by atoms with van der Waals surface area (Å²) in [5.74, 6) is -3.72. The summed E-state index contributed by atoms with van der Waals surface area (Å²) in [4.78, 5) is 12.9. The normalized spacial score (nSPS) is 16.9. The van der Waals surface area contributed by atoms with Gasteiger partial charge in [0.15, 0.2) is 11.5 Å². The van der Waals surface area contributed by atoms with Gasteiger partial charge in [0.2, 0.25) is 17.8 Å². The maximum atomic E-state index is 14.0. The van der Waals surface area contributed by atoms with E-state index in [1.54, 1.807) is 11.6 Å². The fourth-order valence-corrected chi connectivity index (χ4v) is 3.55. The first-order valence-electron chi connectivity index (χ1n) is 8.97. The standard InChI is InChI=1S/C18H17ClF4N6/c1-29-15-13(26-17(29)27-14-11(19)6-9(20)7-12(14)21)8-24-16(28-15)25-10-2-4-18(22,23)5-3-10/h6-8,10H,2-5H2,1H3,(H,26,27)(H,24,25,28). The lowest BCUT2D eigenvalue weighted by Crippen LogP contribution is -2.32. The van der Waals surface area contributed by atoms with Gasteiger partial charge in [-0.15, -0.1) is 0 Å². The number of benzene rings is 1. The molecule has 2 heterocycles. The Hall–Kier alpha value is -2.62. The van der Waals surface area contributed by atoms with Crippen LogP contribution in [0.5, 0.6) is 0 Å². The molecule has 11 heteroatoms. The van der Waals surface area contributed by atoms with E-state index >= 15 is 0 Å². The second kappa shape index (κ2) is 7.33. The summed E-state index contributed by atoms with van der Waals surface area (Å²) in [6.45, 7) is 0. The Morgan fingerprint density at radius 2 is 1.90 bits per heavy atom. The first-order chi connectivity index (χ1) is 13.7. The third-order valence-corrected chi connectivity index (χ3v) is 5.20. The van der Waals surface area contributed by atoms with Crippen molar-refractivity contribution in [2.45, 2.75) is 37.6 Å². The average molecular weight is 429 g/mol. The summed E-state index contributed by atoms with van der Waals surface area (Å²) in [5, 5.41) is 5.70. The SMILES string of the molecule is Cn1c(Nc2c(F)cc(F)cc2Cl)nc2cnc(NC3CCC(F)(F)CC3)nc21. The molecule has 2 N–H and O–H groups in total. The van der Waals surface area contributed by atoms with Crippen LogP contribution in [0, 0.1) is 11.6 Å². The van der Waals surface area contributed by atoms with Crippen molar-refractivity contribution in [1.82, 2.24) is 19.5 Å². The molecule has 0 atom stereocenters. The highest BCUT2D eigenvalue weighted by atomic mass is 35.5. The predicted molar refractivity (Wildman–Crippen MR) is 102 cm³/mol. The molecule has 0 amide bonds. The molecular weight excluding hydrogens is 412 g/mol. The highest BCUT2D eigenvalue weighted by Gasteiger charge is 2.35. The number of aryl methyl sites for hydroxylation is 1. The van der Waals surface area contributed by atoms with Crippen molar-refractivity contribution in [3.63, 3.8) is 0 Å². The zero-order valence-corrected chi connectivity index (χ0v) is 16.1. The van der Waals surface area contributed by atoms with E-state index in [1.165, 1.54) is 6.20 Å². The van der Waals surface area contributed by atoms with Gasteiger partial charge >= 0.3 is 0 Å². The third-order valence-electron chi connectivity index (χ3n) is 4.91. The van der Waals surface area contributed by atoms with Crippen molar-refractivity contribution in [3.8, 4) is 0 Å². The molecule has 1 aromatic carbocycles. The summed E-state index contributed by atoms with van der Waals surface area (Å²) in [6, 6.07) is 1.57. The molecular formula is C18H17ClF4N6. The number of rotatable bonds is 4. The minimum Gasteiger partial charge on any atom is -0.351 e. The van der Waals surface area contributed by atoms with Crippen molar-refractivity contribution in [2.75, 3.05) is 10.6 Å². The number of aromatic nitrogens is 4. The number of alkyl halides is 2. The molecule has 0 bridgehead atoms. The molecule has 0 saturated heterocycles. The van der Waals surface area contributed by atoms with Crippen LogP contribution in [0.15, 0.2) is 18.3 Å². The maximum absolute atomic E-state index is 14.0. The Morgan fingerprint density at radius 3 is 2.59 bits per heavy atom. The van der Waals surface area contributed by atoms with E-state index in [0.29, 0.717) is 36.0 Å². The minimum absolute atomic E-state index is 0.110. The van der Waals surface area contributed by atoms with Crippen molar-refractivity contribution >= 4 is 40.3 Å². The zero-order chi connectivity index (χ0) is 20.8. The number of nitrogens with zero attached hydrogens (tertiary/aromatic N) is 4. The molecule has 2 aromatic heterocycles.